The topological polar surface area (TPSA) is 53.7 Å². The Kier molecular flexibility index (Phi) is 25.5. The molecule has 0 aromatic heterocycles. The molecular formula is C21H46NO3P. The monoisotopic (exact) mass is 391 g/mol. The lowest BCUT2D eigenvalue weighted by Crippen LogP contribution is -1.97. The van der Waals surface area contributed by atoms with Crippen molar-refractivity contribution < 1.29 is 14.7 Å². The third kappa shape index (κ3) is 24.3. The van der Waals surface area contributed by atoms with Gasteiger partial charge in [-0.25, -0.2) is 0 Å². The van der Waals surface area contributed by atoms with Crippen LogP contribution in [0.15, 0.2) is 0 Å². The highest BCUT2D eigenvalue weighted by Crippen LogP contribution is 2.17. The molecule has 0 spiro atoms. The molecule has 0 aromatic rings. The molecule has 0 saturated carbocycles. The standard InChI is InChI=1S/C21H46NO3P/c1-2-3-4-5-6-7-8-9-10-11-12-13-14-15-16-17-18-19-20-21-26-25-24-23-22/h26H,2-22H2,1H3. The van der Waals surface area contributed by atoms with Gasteiger partial charge in [-0.3, -0.25) is 0 Å². The lowest BCUT2D eigenvalue weighted by atomic mass is 10.0. The second-order valence-electron chi connectivity index (χ2n) is 7.51. The van der Waals surface area contributed by atoms with E-state index in [0.29, 0.717) is 8.81 Å². The van der Waals surface area contributed by atoms with Crippen molar-refractivity contribution >= 4 is 8.81 Å². The molecule has 0 radical (unpaired) electrons. The summed E-state index contributed by atoms with van der Waals surface area (Å²) in [5, 5.41) is 4.16. The summed E-state index contributed by atoms with van der Waals surface area (Å²) >= 11 is 0. The van der Waals surface area contributed by atoms with Crippen LogP contribution in [0.2, 0.25) is 0 Å². The fourth-order valence-electron chi connectivity index (χ4n) is 3.36. The minimum Gasteiger partial charge on any atom is -0.187 e. The summed E-state index contributed by atoms with van der Waals surface area (Å²) < 4.78 is 4.70. The first-order valence-corrected chi connectivity index (χ1v) is 12.4. The summed E-state index contributed by atoms with van der Waals surface area (Å²) in [5.41, 5.74) is 0. The minimum absolute atomic E-state index is 0.322. The zero-order valence-corrected chi connectivity index (χ0v) is 18.4. The smallest absolute Gasteiger partial charge is 0.0601 e. The van der Waals surface area contributed by atoms with Gasteiger partial charge in [-0.1, -0.05) is 122 Å². The van der Waals surface area contributed by atoms with Crippen molar-refractivity contribution in [1.29, 1.82) is 0 Å². The molecule has 158 valence electrons. The maximum absolute atomic E-state index is 4.70. The van der Waals surface area contributed by atoms with Gasteiger partial charge in [-0.2, -0.15) is 10.6 Å². The molecule has 0 amide bonds. The van der Waals surface area contributed by atoms with Crippen molar-refractivity contribution in [2.24, 2.45) is 5.90 Å². The Morgan fingerprint density at radius 2 is 0.885 bits per heavy atom. The first-order chi connectivity index (χ1) is 12.9. The van der Waals surface area contributed by atoms with Crippen LogP contribution >= 0.6 is 8.81 Å². The van der Waals surface area contributed by atoms with Gasteiger partial charge in [0.1, 0.15) is 0 Å². The first-order valence-electron chi connectivity index (χ1n) is 11.3. The summed E-state index contributed by atoms with van der Waals surface area (Å²) in [7, 11) is 0.322. The SMILES string of the molecule is CCCCCCCCCCCCCCCCCCCCCPOOON. The molecule has 5 heteroatoms. The van der Waals surface area contributed by atoms with E-state index in [0.717, 1.165) is 6.16 Å². The van der Waals surface area contributed by atoms with Gasteiger partial charge in [0.2, 0.25) is 0 Å². The van der Waals surface area contributed by atoms with Crippen molar-refractivity contribution in [3.8, 4) is 0 Å². The predicted molar refractivity (Wildman–Crippen MR) is 114 cm³/mol. The fourth-order valence-corrected chi connectivity index (χ4v) is 3.93. The Morgan fingerprint density at radius 3 is 1.23 bits per heavy atom. The predicted octanol–water partition coefficient (Wildman–Crippen LogP) is 7.77. The highest BCUT2D eigenvalue weighted by Gasteiger charge is 1.96. The van der Waals surface area contributed by atoms with Gasteiger partial charge in [0, 0.05) is 0 Å². The van der Waals surface area contributed by atoms with E-state index >= 15 is 0 Å². The molecule has 2 N–H and O–H groups in total. The molecule has 0 aliphatic heterocycles. The Labute approximate surface area is 165 Å². The zero-order chi connectivity index (χ0) is 19.0. The molecule has 1 atom stereocenters. The third-order valence-electron chi connectivity index (χ3n) is 5.01. The number of hydrogen-bond donors (Lipinski definition) is 1. The van der Waals surface area contributed by atoms with Gasteiger partial charge in [-0.15, -0.1) is 4.99 Å². The van der Waals surface area contributed by atoms with Crippen LogP contribution in [-0.4, -0.2) is 6.16 Å². The Hall–Kier alpha value is 0.270. The second kappa shape index (κ2) is 25.3. The lowest BCUT2D eigenvalue weighted by Gasteiger charge is -2.04. The van der Waals surface area contributed by atoms with Gasteiger partial charge < -0.3 is 0 Å². The molecule has 0 aromatic carbocycles. The van der Waals surface area contributed by atoms with Crippen molar-refractivity contribution in [1.82, 2.24) is 0 Å². The van der Waals surface area contributed by atoms with Crippen LogP contribution in [0.3, 0.4) is 0 Å². The van der Waals surface area contributed by atoms with Gasteiger partial charge >= 0.3 is 0 Å². The second-order valence-corrected chi connectivity index (χ2v) is 8.46. The van der Waals surface area contributed by atoms with Crippen LogP contribution in [0.1, 0.15) is 129 Å². The highest BCUT2D eigenvalue weighted by molar-refractivity contribution is 7.32. The van der Waals surface area contributed by atoms with E-state index in [1.807, 2.05) is 0 Å². The third-order valence-corrected chi connectivity index (χ3v) is 5.76. The minimum atomic E-state index is 0.322. The summed E-state index contributed by atoms with van der Waals surface area (Å²) in [6.45, 7) is 2.29. The van der Waals surface area contributed by atoms with Gasteiger partial charge in [-0.05, 0) is 17.6 Å². The van der Waals surface area contributed by atoms with Crippen LogP contribution in [0.4, 0.5) is 0 Å². The molecule has 0 rings (SSSR count). The van der Waals surface area contributed by atoms with E-state index in [9.17, 15) is 0 Å². The molecule has 0 bridgehead atoms. The van der Waals surface area contributed by atoms with Crippen LogP contribution in [-0.2, 0) is 14.7 Å². The van der Waals surface area contributed by atoms with Crippen molar-refractivity contribution in [3.05, 3.63) is 0 Å². The van der Waals surface area contributed by atoms with Crippen LogP contribution < -0.4 is 5.90 Å². The highest BCUT2D eigenvalue weighted by atomic mass is 31.1. The molecule has 0 aliphatic carbocycles. The van der Waals surface area contributed by atoms with E-state index in [2.05, 4.69) is 22.8 Å². The lowest BCUT2D eigenvalue weighted by molar-refractivity contribution is -0.467. The largest absolute Gasteiger partial charge is 0.187 e. The molecule has 0 heterocycles. The number of rotatable bonds is 23. The van der Waals surface area contributed by atoms with Crippen molar-refractivity contribution in [2.75, 3.05) is 6.16 Å². The van der Waals surface area contributed by atoms with Crippen LogP contribution in [0.25, 0.3) is 0 Å². The summed E-state index contributed by atoms with van der Waals surface area (Å²) in [5.74, 6) is 4.67. The average molecular weight is 392 g/mol. The molecule has 0 aliphatic rings. The van der Waals surface area contributed by atoms with E-state index < -0.39 is 0 Å². The molecule has 0 saturated heterocycles. The maximum atomic E-state index is 4.70. The first kappa shape index (κ1) is 26.3. The number of nitrogens with two attached hydrogens (primary N) is 1. The van der Waals surface area contributed by atoms with Crippen molar-refractivity contribution in [3.63, 3.8) is 0 Å². The van der Waals surface area contributed by atoms with E-state index in [1.54, 1.807) is 0 Å². The molecule has 4 nitrogen and oxygen atoms in total. The molecule has 1 unspecified atom stereocenters. The van der Waals surface area contributed by atoms with Crippen LogP contribution in [0.5, 0.6) is 0 Å². The van der Waals surface area contributed by atoms with E-state index in [1.165, 1.54) is 122 Å². The van der Waals surface area contributed by atoms with Gasteiger partial charge in [0.05, 0.1) is 8.81 Å². The van der Waals surface area contributed by atoms with E-state index in [4.69, 9.17) is 4.67 Å². The fraction of sp³-hybridized carbons (Fsp3) is 1.00. The molecule has 0 fully saturated rings. The Balaban J connectivity index is 2.95. The summed E-state index contributed by atoms with van der Waals surface area (Å²) in [6, 6.07) is 0. The zero-order valence-electron chi connectivity index (χ0n) is 17.4. The van der Waals surface area contributed by atoms with Gasteiger partial charge in [0.25, 0.3) is 0 Å². The quantitative estimate of drug-likeness (QED) is 0.0836. The Bertz CT molecular complexity index is 221. The molecular weight excluding hydrogens is 345 g/mol. The molecule has 26 heavy (non-hydrogen) atoms. The van der Waals surface area contributed by atoms with Gasteiger partial charge in [0.15, 0.2) is 0 Å². The normalized spacial score (nSPS) is 11.8. The maximum Gasteiger partial charge on any atom is 0.0601 e. The van der Waals surface area contributed by atoms with E-state index in [-0.39, 0.29) is 0 Å². The Morgan fingerprint density at radius 1 is 0.538 bits per heavy atom. The van der Waals surface area contributed by atoms with Crippen LogP contribution in [0, 0.1) is 0 Å². The number of hydrogen-bond acceptors (Lipinski definition) is 4. The number of unbranched alkanes of at least 4 members (excludes halogenated alkanes) is 18. The van der Waals surface area contributed by atoms with Crippen molar-refractivity contribution in [2.45, 2.75) is 129 Å². The average Bonchev–Trinajstić information content (AvgIpc) is 2.66. The summed E-state index contributed by atoms with van der Waals surface area (Å²) in [4.78, 5) is 3.87. The summed E-state index contributed by atoms with van der Waals surface area (Å²) in [6.07, 6.45) is 27.9.